The van der Waals surface area contributed by atoms with E-state index in [-0.39, 0.29) is 6.17 Å². The minimum absolute atomic E-state index is 0.0878. The molecule has 2 aromatic carbocycles. The van der Waals surface area contributed by atoms with E-state index < -0.39 is 0 Å². The summed E-state index contributed by atoms with van der Waals surface area (Å²) in [6.07, 6.45) is 4.86. The van der Waals surface area contributed by atoms with Crippen LogP contribution in [0.1, 0.15) is 19.5 Å². The van der Waals surface area contributed by atoms with Crippen molar-refractivity contribution in [1.82, 2.24) is 19.6 Å². The first-order valence-corrected chi connectivity index (χ1v) is 7.23. The van der Waals surface area contributed by atoms with Crippen LogP contribution in [0.3, 0.4) is 0 Å². The lowest BCUT2D eigenvalue weighted by Crippen LogP contribution is -2.19. The summed E-state index contributed by atoms with van der Waals surface area (Å²) in [6.45, 7) is 2.16. The van der Waals surface area contributed by atoms with Crippen molar-refractivity contribution in [2.45, 2.75) is 19.5 Å². The molecule has 0 amide bonds. The van der Waals surface area contributed by atoms with Crippen molar-refractivity contribution in [2.24, 2.45) is 0 Å². The van der Waals surface area contributed by atoms with E-state index in [1.165, 1.54) is 0 Å². The molecule has 4 nitrogen and oxygen atoms in total. The SMILES string of the molecule is CCC(n1ncc2ccccc21)n1ncc2ccccc21. The molecule has 0 saturated carbocycles. The molecule has 0 spiro atoms. The molecule has 21 heavy (non-hydrogen) atoms. The van der Waals surface area contributed by atoms with Gasteiger partial charge in [0.05, 0.1) is 23.4 Å². The minimum atomic E-state index is 0.0878. The minimum Gasteiger partial charge on any atom is -0.240 e. The predicted molar refractivity (Wildman–Crippen MR) is 84.2 cm³/mol. The van der Waals surface area contributed by atoms with Crippen LogP contribution < -0.4 is 0 Å². The highest BCUT2D eigenvalue weighted by molar-refractivity contribution is 5.80. The van der Waals surface area contributed by atoms with E-state index in [9.17, 15) is 0 Å². The smallest absolute Gasteiger partial charge is 0.144 e. The van der Waals surface area contributed by atoms with Gasteiger partial charge in [-0.05, 0) is 18.6 Å². The zero-order valence-electron chi connectivity index (χ0n) is 11.8. The number of rotatable bonds is 3. The van der Waals surface area contributed by atoms with Crippen molar-refractivity contribution in [3.8, 4) is 0 Å². The number of aromatic nitrogens is 4. The third-order valence-electron chi connectivity index (χ3n) is 3.94. The molecule has 0 aliphatic heterocycles. The van der Waals surface area contributed by atoms with Gasteiger partial charge in [0.1, 0.15) is 6.17 Å². The number of hydrogen-bond acceptors (Lipinski definition) is 2. The topological polar surface area (TPSA) is 35.6 Å². The molecule has 0 bridgehead atoms. The van der Waals surface area contributed by atoms with Crippen molar-refractivity contribution in [1.29, 1.82) is 0 Å². The van der Waals surface area contributed by atoms with E-state index in [1.54, 1.807) is 0 Å². The second-order valence-electron chi connectivity index (χ2n) is 5.18. The Morgan fingerprint density at radius 1 is 0.810 bits per heavy atom. The van der Waals surface area contributed by atoms with Gasteiger partial charge < -0.3 is 0 Å². The molecule has 0 saturated heterocycles. The fourth-order valence-electron chi connectivity index (χ4n) is 2.91. The highest BCUT2D eigenvalue weighted by atomic mass is 15.4. The van der Waals surface area contributed by atoms with E-state index in [2.05, 4.69) is 62.9 Å². The van der Waals surface area contributed by atoms with Gasteiger partial charge in [0.25, 0.3) is 0 Å². The molecule has 4 aromatic rings. The number of hydrogen-bond donors (Lipinski definition) is 0. The maximum absolute atomic E-state index is 4.59. The number of nitrogens with zero attached hydrogens (tertiary/aromatic N) is 4. The van der Waals surface area contributed by atoms with Crippen molar-refractivity contribution in [3.63, 3.8) is 0 Å². The zero-order valence-corrected chi connectivity index (χ0v) is 11.8. The fourth-order valence-corrected chi connectivity index (χ4v) is 2.91. The normalized spacial score (nSPS) is 11.7. The highest BCUT2D eigenvalue weighted by Gasteiger charge is 2.17. The summed E-state index contributed by atoms with van der Waals surface area (Å²) in [4.78, 5) is 0. The average molecular weight is 276 g/mol. The van der Waals surface area contributed by atoms with Gasteiger partial charge in [-0.25, -0.2) is 9.36 Å². The molecule has 0 N–H and O–H groups in total. The zero-order chi connectivity index (χ0) is 14.2. The first kappa shape index (κ1) is 12.1. The number of para-hydroxylation sites is 2. The van der Waals surface area contributed by atoms with E-state index in [0.717, 1.165) is 28.2 Å². The van der Waals surface area contributed by atoms with Crippen LogP contribution in [0, 0.1) is 0 Å². The van der Waals surface area contributed by atoms with E-state index in [0.29, 0.717) is 0 Å². The van der Waals surface area contributed by atoms with E-state index in [4.69, 9.17) is 0 Å². The van der Waals surface area contributed by atoms with Crippen molar-refractivity contribution < 1.29 is 0 Å². The maximum atomic E-state index is 4.59. The summed E-state index contributed by atoms with van der Waals surface area (Å²) in [6, 6.07) is 16.6. The third-order valence-corrected chi connectivity index (χ3v) is 3.94. The molecule has 104 valence electrons. The van der Waals surface area contributed by atoms with Gasteiger partial charge in [-0.1, -0.05) is 43.3 Å². The summed E-state index contributed by atoms with van der Waals surface area (Å²) in [7, 11) is 0. The molecule has 2 aromatic heterocycles. The summed E-state index contributed by atoms with van der Waals surface area (Å²) >= 11 is 0. The van der Waals surface area contributed by atoms with Gasteiger partial charge in [0.2, 0.25) is 0 Å². The second-order valence-corrected chi connectivity index (χ2v) is 5.18. The van der Waals surface area contributed by atoms with Gasteiger partial charge in [-0.15, -0.1) is 0 Å². The molecule has 0 aliphatic rings. The summed E-state index contributed by atoms with van der Waals surface area (Å²) in [5, 5.41) is 11.5. The van der Waals surface area contributed by atoms with Crippen LogP contribution >= 0.6 is 0 Å². The maximum Gasteiger partial charge on any atom is 0.144 e. The Morgan fingerprint density at radius 2 is 1.29 bits per heavy atom. The molecular formula is C17H16N4. The Hall–Kier alpha value is -2.62. The summed E-state index contributed by atoms with van der Waals surface area (Å²) in [5.74, 6) is 0. The van der Waals surface area contributed by atoms with E-state index >= 15 is 0 Å². The van der Waals surface area contributed by atoms with Gasteiger partial charge >= 0.3 is 0 Å². The highest BCUT2D eigenvalue weighted by Crippen LogP contribution is 2.24. The Bertz CT molecular complexity index is 829. The molecule has 4 rings (SSSR count). The molecule has 0 aliphatic carbocycles. The van der Waals surface area contributed by atoms with E-state index in [1.807, 2.05) is 24.5 Å². The number of fused-ring (bicyclic) bond motifs is 2. The van der Waals surface area contributed by atoms with Crippen LogP contribution in [0.5, 0.6) is 0 Å². The molecule has 0 unspecified atom stereocenters. The van der Waals surface area contributed by atoms with Gasteiger partial charge in [0.15, 0.2) is 0 Å². The van der Waals surface area contributed by atoms with Crippen LogP contribution in [0.25, 0.3) is 21.8 Å². The Labute approximate surface area is 122 Å². The van der Waals surface area contributed by atoms with Gasteiger partial charge in [-0.3, -0.25) is 0 Å². The monoisotopic (exact) mass is 276 g/mol. The van der Waals surface area contributed by atoms with Crippen molar-refractivity contribution in [2.75, 3.05) is 0 Å². The number of benzene rings is 2. The van der Waals surface area contributed by atoms with Crippen LogP contribution in [0.15, 0.2) is 60.9 Å². The van der Waals surface area contributed by atoms with Gasteiger partial charge in [0, 0.05) is 10.8 Å². The lowest BCUT2D eigenvalue weighted by molar-refractivity contribution is 0.370. The van der Waals surface area contributed by atoms with Gasteiger partial charge in [-0.2, -0.15) is 10.2 Å². The summed E-state index contributed by atoms with van der Waals surface area (Å²) < 4.78 is 4.13. The molecule has 0 radical (unpaired) electrons. The average Bonchev–Trinajstić information content (AvgIpc) is 3.14. The first-order valence-electron chi connectivity index (χ1n) is 7.23. The quantitative estimate of drug-likeness (QED) is 0.570. The molecule has 0 fully saturated rings. The van der Waals surface area contributed by atoms with Crippen LogP contribution in [0.2, 0.25) is 0 Å². The molecule has 4 heteroatoms. The lowest BCUT2D eigenvalue weighted by atomic mass is 10.2. The second kappa shape index (κ2) is 4.74. The van der Waals surface area contributed by atoms with Crippen molar-refractivity contribution >= 4 is 21.8 Å². The standard InChI is InChI=1S/C17H16N4/c1-2-17(20-15-9-5-3-7-13(15)11-18-20)21-16-10-6-4-8-14(16)12-19-21/h3-12,17H,2H2,1H3. The lowest BCUT2D eigenvalue weighted by Gasteiger charge is -2.18. The molecular weight excluding hydrogens is 260 g/mol. The van der Waals surface area contributed by atoms with Crippen LogP contribution in [0.4, 0.5) is 0 Å². The molecule has 0 atom stereocenters. The molecule has 2 heterocycles. The Balaban J connectivity index is 1.92. The fraction of sp³-hybridized carbons (Fsp3) is 0.176. The largest absolute Gasteiger partial charge is 0.240 e. The first-order chi connectivity index (χ1) is 10.4. The Morgan fingerprint density at radius 3 is 1.76 bits per heavy atom. The Kier molecular flexibility index (Phi) is 2.74. The summed E-state index contributed by atoms with van der Waals surface area (Å²) in [5.41, 5.74) is 2.29. The predicted octanol–water partition coefficient (Wildman–Crippen LogP) is 3.84. The van der Waals surface area contributed by atoms with Crippen LogP contribution in [-0.2, 0) is 0 Å². The third kappa shape index (κ3) is 1.83. The van der Waals surface area contributed by atoms with Crippen LogP contribution in [-0.4, -0.2) is 19.6 Å². The van der Waals surface area contributed by atoms with Crippen molar-refractivity contribution in [3.05, 3.63) is 60.9 Å².